The molecule has 0 rings (SSSR count). The zero-order valence-electron chi connectivity index (χ0n) is 13.2. The van der Waals surface area contributed by atoms with Crippen LogP contribution in [-0.2, 0) is 28.6 Å². The smallest absolute Gasteiger partial charge is 0.344 e. The Hall–Kier alpha value is -1.73. The summed E-state index contributed by atoms with van der Waals surface area (Å²) in [5.74, 6) is -5.35. The van der Waals surface area contributed by atoms with E-state index in [1.807, 2.05) is 0 Å². The van der Waals surface area contributed by atoms with Gasteiger partial charge < -0.3 is 14.2 Å². The number of carbonyl (C=O) groups excluding carboxylic acids is 3. The predicted molar refractivity (Wildman–Crippen MR) is 72.2 cm³/mol. The van der Waals surface area contributed by atoms with Crippen molar-refractivity contribution < 1.29 is 37.4 Å². The first kappa shape index (κ1) is 20.3. The molecule has 0 fully saturated rings. The molecule has 0 aliphatic rings. The predicted octanol–water partition coefficient (Wildman–Crippen LogP) is 2.10. The minimum atomic E-state index is -2.93. The van der Waals surface area contributed by atoms with Crippen LogP contribution in [0.3, 0.4) is 0 Å². The van der Waals surface area contributed by atoms with Gasteiger partial charge in [-0.2, -0.15) is 0 Å². The molecule has 8 heteroatoms. The van der Waals surface area contributed by atoms with Gasteiger partial charge in [-0.15, -0.1) is 0 Å². The Balaban J connectivity index is 3.90. The number of ether oxygens (including phenoxy) is 3. The van der Waals surface area contributed by atoms with E-state index in [1.165, 1.54) is 0 Å². The number of halogens is 2. The van der Waals surface area contributed by atoms with E-state index in [2.05, 4.69) is 9.47 Å². The first-order valence-corrected chi connectivity index (χ1v) is 6.84. The number of hydrogen-bond acceptors (Lipinski definition) is 6. The van der Waals surface area contributed by atoms with Gasteiger partial charge in [0.15, 0.2) is 13.2 Å². The van der Waals surface area contributed by atoms with Crippen molar-refractivity contribution in [3.8, 4) is 0 Å². The summed E-state index contributed by atoms with van der Waals surface area (Å²) in [5, 5.41) is 0. The molecule has 0 bridgehead atoms. The van der Waals surface area contributed by atoms with Crippen LogP contribution in [0.15, 0.2) is 0 Å². The van der Waals surface area contributed by atoms with Crippen molar-refractivity contribution in [1.82, 2.24) is 0 Å². The monoisotopic (exact) mass is 324 g/mol. The summed E-state index contributed by atoms with van der Waals surface area (Å²) >= 11 is 0. The van der Waals surface area contributed by atoms with E-state index < -0.39 is 55.5 Å². The maximum atomic E-state index is 12.5. The van der Waals surface area contributed by atoms with Crippen LogP contribution in [0.1, 0.15) is 40.5 Å². The van der Waals surface area contributed by atoms with E-state index in [0.717, 1.165) is 0 Å². The minimum absolute atomic E-state index is 0.473. The molecule has 6 nitrogen and oxygen atoms in total. The van der Waals surface area contributed by atoms with Crippen molar-refractivity contribution in [3.05, 3.63) is 0 Å². The number of esters is 3. The summed E-state index contributed by atoms with van der Waals surface area (Å²) in [6.45, 7) is 4.02. The zero-order chi connectivity index (χ0) is 17.4. The maximum Gasteiger partial charge on any atom is 0.344 e. The van der Waals surface area contributed by atoms with Crippen LogP contribution in [0.5, 0.6) is 0 Å². The second-order valence-corrected chi connectivity index (χ2v) is 5.51. The van der Waals surface area contributed by atoms with E-state index in [9.17, 15) is 23.2 Å². The SMILES string of the molecule is CCC(C)(C)C(=O)OCC(=O)OCC(=O)OCCC(C)(F)F. The Morgan fingerprint density at radius 2 is 1.41 bits per heavy atom. The highest BCUT2D eigenvalue weighted by atomic mass is 19.3. The lowest BCUT2D eigenvalue weighted by atomic mass is 9.91. The molecule has 0 unspecified atom stereocenters. The fourth-order valence-corrected chi connectivity index (χ4v) is 1.03. The van der Waals surface area contributed by atoms with Crippen molar-refractivity contribution >= 4 is 17.9 Å². The highest BCUT2D eigenvalue weighted by molar-refractivity contribution is 5.81. The molecule has 0 atom stereocenters. The molecular formula is C14H22F2O6. The van der Waals surface area contributed by atoms with Crippen molar-refractivity contribution in [3.63, 3.8) is 0 Å². The van der Waals surface area contributed by atoms with Gasteiger partial charge in [0.2, 0.25) is 5.92 Å². The summed E-state index contributed by atoms with van der Waals surface area (Å²) in [6.07, 6.45) is -0.0777. The number of hydrogen-bond donors (Lipinski definition) is 0. The highest BCUT2D eigenvalue weighted by Crippen LogP contribution is 2.21. The van der Waals surface area contributed by atoms with Crippen LogP contribution < -0.4 is 0 Å². The topological polar surface area (TPSA) is 78.9 Å². The molecule has 0 aromatic heterocycles. The van der Waals surface area contributed by atoms with E-state index in [0.29, 0.717) is 13.3 Å². The van der Waals surface area contributed by atoms with Gasteiger partial charge in [0, 0.05) is 6.42 Å². The summed E-state index contributed by atoms with van der Waals surface area (Å²) in [5.41, 5.74) is -0.718. The maximum absolute atomic E-state index is 12.5. The van der Waals surface area contributed by atoms with Crippen molar-refractivity contribution in [2.75, 3.05) is 19.8 Å². The third-order valence-electron chi connectivity index (χ3n) is 2.91. The van der Waals surface area contributed by atoms with E-state index in [4.69, 9.17) is 4.74 Å². The van der Waals surface area contributed by atoms with Crippen LogP contribution in [0.2, 0.25) is 0 Å². The second kappa shape index (κ2) is 8.65. The van der Waals surface area contributed by atoms with Crippen LogP contribution in [0.25, 0.3) is 0 Å². The van der Waals surface area contributed by atoms with Crippen molar-refractivity contribution in [2.24, 2.45) is 5.41 Å². The molecule has 0 spiro atoms. The Morgan fingerprint density at radius 1 is 0.909 bits per heavy atom. The summed E-state index contributed by atoms with van der Waals surface area (Å²) in [6, 6.07) is 0. The Kier molecular flexibility index (Phi) is 7.97. The molecule has 22 heavy (non-hydrogen) atoms. The molecule has 128 valence electrons. The first-order valence-electron chi connectivity index (χ1n) is 6.84. The fourth-order valence-electron chi connectivity index (χ4n) is 1.03. The molecule has 0 aromatic carbocycles. The normalized spacial score (nSPS) is 11.7. The first-order chi connectivity index (χ1) is 9.98. The minimum Gasteiger partial charge on any atom is -0.463 e. The fraction of sp³-hybridized carbons (Fsp3) is 0.786. The lowest BCUT2D eigenvalue weighted by Crippen LogP contribution is -2.29. The largest absolute Gasteiger partial charge is 0.463 e. The third kappa shape index (κ3) is 9.25. The van der Waals surface area contributed by atoms with Gasteiger partial charge in [-0.3, -0.25) is 4.79 Å². The van der Waals surface area contributed by atoms with E-state index in [-0.39, 0.29) is 0 Å². The van der Waals surface area contributed by atoms with Gasteiger partial charge >= 0.3 is 17.9 Å². The van der Waals surface area contributed by atoms with Gasteiger partial charge in [0.25, 0.3) is 0 Å². The second-order valence-electron chi connectivity index (χ2n) is 5.51. The average molecular weight is 324 g/mol. The van der Waals surface area contributed by atoms with E-state index >= 15 is 0 Å². The molecular weight excluding hydrogens is 302 g/mol. The molecule has 0 N–H and O–H groups in total. The van der Waals surface area contributed by atoms with Crippen molar-refractivity contribution in [2.45, 2.75) is 46.5 Å². The van der Waals surface area contributed by atoms with Gasteiger partial charge in [-0.1, -0.05) is 6.92 Å². The highest BCUT2D eigenvalue weighted by Gasteiger charge is 2.28. The van der Waals surface area contributed by atoms with Gasteiger partial charge in [-0.05, 0) is 27.2 Å². The quantitative estimate of drug-likeness (QED) is 0.477. The lowest BCUT2D eigenvalue weighted by Gasteiger charge is -2.19. The lowest BCUT2D eigenvalue weighted by molar-refractivity contribution is -0.168. The average Bonchev–Trinajstić information content (AvgIpc) is 2.40. The molecule has 0 saturated heterocycles. The van der Waals surface area contributed by atoms with Crippen LogP contribution in [0.4, 0.5) is 8.78 Å². The zero-order valence-corrected chi connectivity index (χ0v) is 13.2. The summed E-state index contributed by atoms with van der Waals surface area (Å²) in [4.78, 5) is 34.0. The summed E-state index contributed by atoms with van der Waals surface area (Å²) < 4.78 is 38.6. The molecule has 0 saturated carbocycles. The summed E-state index contributed by atoms with van der Waals surface area (Å²) in [7, 11) is 0. The Morgan fingerprint density at radius 3 is 1.91 bits per heavy atom. The Bertz CT molecular complexity index is 401. The van der Waals surface area contributed by atoms with Crippen molar-refractivity contribution in [1.29, 1.82) is 0 Å². The van der Waals surface area contributed by atoms with E-state index in [1.54, 1.807) is 20.8 Å². The number of rotatable bonds is 9. The molecule has 0 aliphatic heterocycles. The van der Waals surface area contributed by atoms with Gasteiger partial charge in [-0.25, -0.2) is 18.4 Å². The molecule has 0 heterocycles. The van der Waals surface area contributed by atoms with Crippen LogP contribution in [0, 0.1) is 5.41 Å². The van der Waals surface area contributed by atoms with Gasteiger partial charge in [0.1, 0.15) is 0 Å². The standard InChI is InChI=1S/C14H22F2O6/c1-5-13(2,3)12(19)22-9-11(18)21-8-10(17)20-7-6-14(4,15)16/h5-9H2,1-4H3. The van der Waals surface area contributed by atoms with Gasteiger partial charge in [0.05, 0.1) is 12.0 Å². The number of alkyl halides is 2. The third-order valence-corrected chi connectivity index (χ3v) is 2.91. The molecule has 0 aliphatic carbocycles. The molecule has 0 amide bonds. The molecule has 0 radical (unpaired) electrons. The van der Waals surface area contributed by atoms with Crippen LogP contribution in [-0.4, -0.2) is 43.7 Å². The number of carbonyl (C=O) groups is 3. The molecule has 0 aromatic rings. The Labute approximate surface area is 128 Å². The van der Waals surface area contributed by atoms with Crippen LogP contribution >= 0.6 is 0 Å².